The topological polar surface area (TPSA) is 72.3 Å². The molecule has 2 aliphatic rings. The fourth-order valence-corrected chi connectivity index (χ4v) is 4.71. The standard InChI is InChI=1S/C20H35N5O2S/c1-15(2)14-25-19(24-10-12-27-13-11-24)22-23-20(25)28-16(3)18(26)21-17-8-6-4-5-7-9-17/h15-17H,4-14H2,1-3H3,(H,21,26)/t16-/m1/s1. The first-order valence-corrected chi connectivity index (χ1v) is 11.7. The maximum atomic E-state index is 12.8. The number of rotatable bonds is 7. The van der Waals surface area contributed by atoms with E-state index in [4.69, 9.17) is 4.74 Å². The molecule has 0 unspecified atom stereocenters. The zero-order chi connectivity index (χ0) is 19.9. The van der Waals surface area contributed by atoms with Gasteiger partial charge in [0.15, 0.2) is 5.16 Å². The van der Waals surface area contributed by atoms with Crippen molar-refractivity contribution in [3.63, 3.8) is 0 Å². The van der Waals surface area contributed by atoms with E-state index >= 15 is 0 Å². The minimum absolute atomic E-state index is 0.115. The lowest BCUT2D eigenvalue weighted by Crippen LogP contribution is -2.39. The highest BCUT2D eigenvalue weighted by molar-refractivity contribution is 8.00. The van der Waals surface area contributed by atoms with Gasteiger partial charge in [-0.25, -0.2) is 0 Å². The van der Waals surface area contributed by atoms with E-state index < -0.39 is 0 Å². The first-order chi connectivity index (χ1) is 13.5. The van der Waals surface area contributed by atoms with Crippen LogP contribution in [0.3, 0.4) is 0 Å². The van der Waals surface area contributed by atoms with Gasteiger partial charge in [-0.2, -0.15) is 0 Å². The number of anilines is 1. The minimum atomic E-state index is -0.184. The summed E-state index contributed by atoms with van der Waals surface area (Å²) in [6, 6.07) is 0.329. The molecule has 1 atom stereocenters. The molecule has 0 spiro atoms. The molecule has 0 bridgehead atoms. The van der Waals surface area contributed by atoms with Crippen LogP contribution in [0, 0.1) is 5.92 Å². The third-order valence-corrected chi connectivity index (χ3v) is 6.47. The van der Waals surface area contributed by atoms with Crippen LogP contribution in [0.1, 0.15) is 59.3 Å². The summed E-state index contributed by atoms with van der Waals surface area (Å²) >= 11 is 1.52. The molecule has 1 aliphatic carbocycles. The number of hydrogen-bond donors (Lipinski definition) is 1. The van der Waals surface area contributed by atoms with Gasteiger partial charge in [0.05, 0.1) is 18.5 Å². The summed E-state index contributed by atoms with van der Waals surface area (Å²) in [6.07, 6.45) is 7.23. The molecule has 2 fully saturated rings. The molecule has 0 radical (unpaired) electrons. The fraction of sp³-hybridized carbons (Fsp3) is 0.850. The molecule has 3 rings (SSSR count). The predicted molar refractivity (Wildman–Crippen MR) is 113 cm³/mol. The van der Waals surface area contributed by atoms with E-state index in [0.29, 0.717) is 12.0 Å². The van der Waals surface area contributed by atoms with Crippen molar-refractivity contribution >= 4 is 23.6 Å². The lowest BCUT2D eigenvalue weighted by molar-refractivity contribution is -0.121. The number of thioether (sulfide) groups is 1. The minimum Gasteiger partial charge on any atom is -0.378 e. The first-order valence-electron chi connectivity index (χ1n) is 10.8. The SMILES string of the molecule is CC(C)Cn1c(S[C@H](C)C(=O)NC2CCCCCC2)nnc1N1CCOCC1. The second kappa shape index (κ2) is 10.5. The molecule has 8 heteroatoms. The average Bonchev–Trinajstić information content (AvgIpc) is 2.89. The molecular weight excluding hydrogens is 374 g/mol. The van der Waals surface area contributed by atoms with E-state index in [9.17, 15) is 4.79 Å². The maximum absolute atomic E-state index is 12.8. The van der Waals surface area contributed by atoms with Crippen LogP contribution in [-0.2, 0) is 16.1 Å². The normalized spacial score (nSPS) is 20.2. The van der Waals surface area contributed by atoms with Crippen LogP contribution >= 0.6 is 11.8 Å². The molecule has 158 valence electrons. The summed E-state index contributed by atoms with van der Waals surface area (Å²) in [6.45, 7) is 10.3. The van der Waals surface area contributed by atoms with Crippen molar-refractivity contribution in [2.75, 3.05) is 31.2 Å². The number of hydrogen-bond acceptors (Lipinski definition) is 6. The van der Waals surface area contributed by atoms with E-state index in [2.05, 4.69) is 38.8 Å². The molecule has 28 heavy (non-hydrogen) atoms. The van der Waals surface area contributed by atoms with Gasteiger partial charge in [0.25, 0.3) is 0 Å². The molecule has 1 aromatic rings. The van der Waals surface area contributed by atoms with Crippen LogP contribution in [0.4, 0.5) is 5.95 Å². The second-order valence-electron chi connectivity index (χ2n) is 8.34. The smallest absolute Gasteiger partial charge is 0.233 e. The van der Waals surface area contributed by atoms with Crippen molar-refractivity contribution in [1.82, 2.24) is 20.1 Å². The highest BCUT2D eigenvalue weighted by atomic mass is 32.2. The highest BCUT2D eigenvalue weighted by Crippen LogP contribution is 2.27. The summed E-state index contributed by atoms with van der Waals surface area (Å²) in [7, 11) is 0. The Labute approximate surface area is 173 Å². The largest absolute Gasteiger partial charge is 0.378 e. The Kier molecular flexibility index (Phi) is 8.02. The van der Waals surface area contributed by atoms with Gasteiger partial charge in [-0.3, -0.25) is 9.36 Å². The number of carbonyl (C=O) groups is 1. The maximum Gasteiger partial charge on any atom is 0.233 e. The number of amides is 1. The van der Waals surface area contributed by atoms with Crippen LogP contribution in [0.2, 0.25) is 0 Å². The lowest BCUT2D eigenvalue weighted by atomic mass is 10.1. The number of ether oxygens (including phenoxy) is 1. The number of nitrogens with one attached hydrogen (secondary N) is 1. The lowest BCUT2D eigenvalue weighted by Gasteiger charge is -2.28. The van der Waals surface area contributed by atoms with Gasteiger partial charge >= 0.3 is 0 Å². The van der Waals surface area contributed by atoms with Crippen molar-refractivity contribution < 1.29 is 9.53 Å². The Morgan fingerprint density at radius 3 is 2.46 bits per heavy atom. The van der Waals surface area contributed by atoms with Gasteiger partial charge in [0.2, 0.25) is 11.9 Å². The van der Waals surface area contributed by atoms with E-state index in [1.165, 1.54) is 37.4 Å². The monoisotopic (exact) mass is 409 g/mol. The van der Waals surface area contributed by atoms with Gasteiger partial charge in [0, 0.05) is 25.7 Å². The number of carbonyl (C=O) groups excluding carboxylic acids is 1. The van der Waals surface area contributed by atoms with Gasteiger partial charge in [0.1, 0.15) is 0 Å². The molecular formula is C20H35N5O2S. The van der Waals surface area contributed by atoms with Crippen LogP contribution in [0.25, 0.3) is 0 Å². The first kappa shape index (κ1) is 21.4. The number of morpholine rings is 1. The van der Waals surface area contributed by atoms with Crippen molar-refractivity contribution in [1.29, 1.82) is 0 Å². The summed E-state index contributed by atoms with van der Waals surface area (Å²) < 4.78 is 7.65. The average molecular weight is 410 g/mol. The molecule has 1 saturated carbocycles. The summed E-state index contributed by atoms with van der Waals surface area (Å²) in [5.41, 5.74) is 0. The second-order valence-corrected chi connectivity index (χ2v) is 9.65. The Bertz CT molecular complexity index is 622. The van der Waals surface area contributed by atoms with Gasteiger partial charge in [-0.15, -0.1) is 10.2 Å². The van der Waals surface area contributed by atoms with E-state index in [1.54, 1.807) is 0 Å². The molecule has 1 N–H and O–H groups in total. The zero-order valence-corrected chi connectivity index (χ0v) is 18.3. The summed E-state index contributed by atoms with van der Waals surface area (Å²) in [5, 5.41) is 12.8. The fourth-order valence-electron chi connectivity index (χ4n) is 3.84. The van der Waals surface area contributed by atoms with Gasteiger partial charge in [-0.1, -0.05) is 51.3 Å². The highest BCUT2D eigenvalue weighted by Gasteiger charge is 2.25. The Morgan fingerprint density at radius 1 is 1.14 bits per heavy atom. The quantitative estimate of drug-likeness (QED) is 0.551. The van der Waals surface area contributed by atoms with Crippen molar-refractivity contribution in [2.24, 2.45) is 5.92 Å². The summed E-state index contributed by atoms with van der Waals surface area (Å²) in [4.78, 5) is 15.0. The van der Waals surface area contributed by atoms with Crippen LogP contribution < -0.4 is 10.2 Å². The van der Waals surface area contributed by atoms with Crippen molar-refractivity contribution in [3.8, 4) is 0 Å². The van der Waals surface area contributed by atoms with Gasteiger partial charge in [-0.05, 0) is 25.7 Å². The third-order valence-electron chi connectivity index (χ3n) is 5.39. The number of nitrogens with zero attached hydrogens (tertiary/aromatic N) is 4. The van der Waals surface area contributed by atoms with E-state index in [0.717, 1.165) is 56.8 Å². The van der Waals surface area contributed by atoms with Crippen molar-refractivity contribution in [3.05, 3.63) is 0 Å². The molecule has 1 aliphatic heterocycles. The van der Waals surface area contributed by atoms with Crippen LogP contribution in [0.15, 0.2) is 5.16 Å². The van der Waals surface area contributed by atoms with Crippen LogP contribution in [0.5, 0.6) is 0 Å². The molecule has 2 heterocycles. The Balaban J connectivity index is 1.66. The van der Waals surface area contributed by atoms with E-state index in [-0.39, 0.29) is 11.2 Å². The van der Waals surface area contributed by atoms with Gasteiger partial charge < -0.3 is 15.0 Å². The third kappa shape index (κ3) is 5.86. The van der Waals surface area contributed by atoms with Crippen LogP contribution in [-0.4, -0.2) is 58.3 Å². The zero-order valence-electron chi connectivity index (χ0n) is 17.5. The Morgan fingerprint density at radius 2 is 1.82 bits per heavy atom. The molecule has 1 amide bonds. The Hall–Kier alpha value is -1.28. The molecule has 7 nitrogen and oxygen atoms in total. The van der Waals surface area contributed by atoms with E-state index in [1.807, 2.05) is 6.92 Å². The predicted octanol–water partition coefficient (Wildman–Crippen LogP) is 3.09. The molecule has 1 saturated heterocycles. The van der Waals surface area contributed by atoms with Crippen molar-refractivity contribution in [2.45, 2.75) is 82.3 Å². The summed E-state index contributed by atoms with van der Waals surface area (Å²) in [5.74, 6) is 1.49. The molecule has 0 aromatic carbocycles. The molecule has 1 aromatic heterocycles. The number of aromatic nitrogens is 3.